The van der Waals surface area contributed by atoms with Gasteiger partial charge in [-0.2, -0.15) is 0 Å². The molecule has 2 aromatic heterocycles. The zero-order valence-electron chi connectivity index (χ0n) is 18.1. The Hall–Kier alpha value is -3.20. The van der Waals surface area contributed by atoms with Crippen molar-refractivity contribution in [1.29, 1.82) is 0 Å². The summed E-state index contributed by atoms with van der Waals surface area (Å²) >= 11 is 1.41. The van der Waals surface area contributed by atoms with Crippen molar-refractivity contribution >= 4 is 21.6 Å². The van der Waals surface area contributed by atoms with E-state index in [1.165, 1.54) is 11.3 Å². The first kappa shape index (κ1) is 21.6. The Morgan fingerprint density at radius 1 is 1.06 bits per heavy atom. The first-order valence-electron chi connectivity index (χ1n) is 11.0. The second kappa shape index (κ2) is 9.74. The van der Waals surface area contributed by atoms with Crippen molar-refractivity contribution in [3.8, 4) is 27.6 Å². The highest BCUT2D eigenvalue weighted by molar-refractivity contribution is 7.22. The number of phenols is 1. The number of phenolic OH excluding ortho intramolecular Hbond substituents is 1. The van der Waals surface area contributed by atoms with Crippen molar-refractivity contribution in [2.45, 2.75) is 6.42 Å². The fourth-order valence-corrected chi connectivity index (χ4v) is 4.92. The number of rotatable bonds is 7. The number of aromatic nitrogens is 2. The number of hydrogen-bond donors (Lipinski definition) is 1. The number of thiophene rings is 1. The van der Waals surface area contributed by atoms with Gasteiger partial charge in [0.05, 0.1) is 31.0 Å². The van der Waals surface area contributed by atoms with Crippen LogP contribution in [0.5, 0.6) is 11.5 Å². The lowest BCUT2D eigenvalue weighted by Crippen LogP contribution is -2.37. The van der Waals surface area contributed by atoms with Gasteiger partial charge in [0.15, 0.2) is 0 Å². The van der Waals surface area contributed by atoms with Crippen LogP contribution in [0.4, 0.5) is 0 Å². The number of ether oxygens (including phenoxy) is 2. The Morgan fingerprint density at radius 3 is 2.58 bits per heavy atom. The van der Waals surface area contributed by atoms with E-state index in [9.17, 15) is 9.90 Å². The van der Waals surface area contributed by atoms with Crippen molar-refractivity contribution in [3.05, 3.63) is 71.3 Å². The molecule has 7 nitrogen and oxygen atoms in total. The fraction of sp³-hybridized carbons (Fsp3) is 0.280. The molecule has 5 rings (SSSR count). The third-order valence-electron chi connectivity index (χ3n) is 5.70. The van der Waals surface area contributed by atoms with Crippen LogP contribution in [0, 0.1) is 0 Å². The minimum Gasteiger partial charge on any atom is -0.508 e. The number of morpholine rings is 1. The van der Waals surface area contributed by atoms with E-state index in [1.54, 1.807) is 23.0 Å². The van der Waals surface area contributed by atoms with Crippen molar-refractivity contribution in [2.75, 3.05) is 39.5 Å². The van der Waals surface area contributed by atoms with Crippen molar-refractivity contribution in [2.24, 2.45) is 0 Å². The van der Waals surface area contributed by atoms with Gasteiger partial charge in [-0.3, -0.25) is 14.3 Å². The van der Waals surface area contributed by atoms with Crippen molar-refractivity contribution in [1.82, 2.24) is 14.5 Å². The van der Waals surface area contributed by atoms with E-state index in [4.69, 9.17) is 9.47 Å². The molecule has 0 spiro atoms. The standard InChI is InChI=1S/C25H25N3O4S/c29-20-6-2-18(3-7-20)23-16-22-24(33-23)25(30)28(17-26-22)19-4-8-21(9-5-19)32-13-1-10-27-11-14-31-15-12-27/h2-9,16-17,29H,1,10-15H2. The minimum atomic E-state index is -0.103. The fourth-order valence-electron chi connectivity index (χ4n) is 3.87. The van der Waals surface area contributed by atoms with Gasteiger partial charge in [-0.1, -0.05) is 0 Å². The summed E-state index contributed by atoms with van der Waals surface area (Å²) in [6.45, 7) is 5.26. The molecule has 1 saturated heterocycles. The maximum atomic E-state index is 13.1. The molecule has 0 radical (unpaired) electrons. The number of benzene rings is 2. The maximum absolute atomic E-state index is 13.1. The molecule has 0 aliphatic carbocycles. The van der Waals surface area contributed by atoms with Gasteiger partial charge in [0.25, 0.3) is 5.56 Å². The molecule has 1 aliphatic heterocycles. The third-order valence-corrected chi connectivity index (χ3v) is 6.86. The molecule has 4 aromatic rings. The van der Waals surface area contributed by atoms with Gasteiger partial charge in [-0.25, -0.2) is 4.98 Å². The molecule has 170 valence electrons. The monoisotopic (exact) mass is 463 g/mol. The van der Waals surface area contributed by atoms with Crippen LogP contribution < -0.4 is 10.3 Å². The van der Waals surface area contributed by atoms with Crippen LogP contribution in [0.1, 0.15) is 6.42 Å². The normalized spacial score (nSPS) is 14.5. The smallest absolute Gasteiger partial charge is 0.275 e. The van der Waals surface area contributed by atoms with Crippen LogP contribution in [0.2, 0.25) is 0 Å². The van der Waals surface area contributed by atoms with Gasteiger partial charge in [0.2, 0.25) is 0 Å². The lowest BCUT2D eigenvalue weighted by Gasteiger charge is -2.26. The molecule has 8 heteroatoms. The third kappa shape index (κ3) is 4.93. The summed E-state index contributed by atoms with van der Waals surface area (Å²) in [7, 11) is 0. The molecule has 2 aromatic carbocycles. The van der Waals surface area contributed by atoms with E-state index in [2.05, 4.69) is 9.88 Å². The predicted octanol–water partition coefficient (Wildman–Crippen LogP) is 3.92. The Labute approximate surface area is 195 Å². The van der Waals surface area contributed by atoms with Crippen LogP contribution in [-0.4, -0.2) is 59.0 Å². The van der Waals surface area contributed by atoms with Gasteiger partial charge in [-0.15, -0.1) is 11.3 Å². The van der Waals surface area contributed by atoms with Crippen molar-refractivity contribution in [3.63, 3.8) is 0 Å². The molecule has 0 bridgehead atoms. The molecule has 1 aliphatic rings. The van der Waals surface area contributed by atoms with Gasteiger partial charge in [-0.05, 0) is 66.6 Å². The highest BCUT2D eigenvalue weighted by atomic mass is 32.1. The van der Waals surface area contributed by atoms with Gasteiger partial charge < -0.3 is 14.6 Å². The molecule has 33 heavy (non-hydrogen) atoms. The van der Waals surface area contributed by atoms with E-state index < -0.39 is 0 Å². The molecular formula is C25H25N3O4S. The molecule has 0 unspecified atom stereocenters. The van der Waals surface area contributed by atoms with E-state index >= 15 is 0 Å². The van der Waals surface area contributed by atoms with E-state index in [0.717, 1.165) is 61.1 Å². The lowest BCUT2D eigenvalue weighted by atomic mass is 10.2. The summed E-state index contributed by atoms with van der Waals surface area (Å²) in [5, 5.41) is 9.51. The summed E-state index contributed by atoms with van der Waals surface area (Å²) < 4.78 is 13.4. The van der Waals surface area contributed by atoms with Crippen LogP contribution in [-0.2, 0) is 4.74 Å². The second-order valence-corrected chi connectivity index (χ2v) is 8.99. The zero-order chi connectivity index (χ0) is 22.6. The average molecular weight is 464 g/mol. The molecule has 1 N–H and O–H groups in total. The number of hydrogen-bond acceptors (Lipinski definition) is 7. The summed E-state index contributed by atoms with van der Waals surface area (Å²) in [5.41, 5.74) is 2.25. The molecule has 0 amide bonds. The highest BCUT2D eigenvalue weighted by Gasteiger charge is 2.12. The summed E-state index contributed by atoms with van der Waals surface area (Å²) in [6.07, 6.45) is 2.53. The maximum Gasteiger partial charge on any atom is 0.275 e. The SMILES string of the molecule is O=c1c2sc(-c3ccc(O)cc3)cc2ncn1-c1ccc(OCCCN2CCOCC2)cc1. The minimum absolute atomic E-state index is 0.103. The molecule has 0 atom stereocenters. The Bertz CT molecular complexity index is 1280. The number of fused-ring (bicyclic) bond motifs is 1. The summed E-state index contributed by atoms with van der Waals surface area (Å²) in [5.74, 6) is 0.999. The largest absolute Gasteiger partial charge is 0.508 e. The van der Waals surface area contributed by atoms with E-state index in [0.29, 0.717) is 16.8 Å². The molecule has 0 saturated carbocycles. The van der Waals surface area contributed by atoms with Crippen LogP contribution in [0.25, 0.3) is 26.3 Å². The summed E-state index contributed by atoms with van der Waals surface area (Å²) in [4.78, 5) is 20.9. The number of aromatic hydroxyl groups is 1. The molecule has 1 fully saturated rings. The van der Waals surface area contributed by atoms with Gasteiger partial charge in [0, 0.05) is 24.5 Å². The van der Waals surface area contributed by atoms with Gasteiger partial charge >= 0.3 is 0 Å². The van der Waals surface area contributed by atoms with E-state index in [-0.39, 0.29) is 11.3 Å². The van der Waals surface area contributed by atoms with E-state index in [1.807, 2.05) is 42.5 Å². The lowest BCUT2D eigenvalue weighted by molar-refractivity contribution is 0.0358. The zero-order valence-corrected chi connectivity index (χ0v) is 19.0. The number of nitrogens with zero attached hydrogens (tertiary/aromatic N) is 3. The van der Waals surface area contributed by atoms with Crippen molar-refractivity contribution < 1.29 is 14.6 Å². The Kier molecular flexibility index (Phi) is 6.39. The highest BCUT2D eigenvalue weighted by Crippen LogP contribution is 2.31. The molecule has 3 heterocycles. The second-order valence-electron chi connectivity index (χ2n) is 7.94. The van der Waals surface area contributed by atoms with Crippen LogP contribution in [0.3, 0.4) is 0 Å². The first-order valence-corrected chi connectivity index (χ1v) is 11.8. The topological polar surface area (TPSA) is 76.8 Å². The first-order chi connectivity index (χ1) is 16.2. The Balaban J connectivity index is 1.27. The molecular weight excluding hydrogens is 438 g/mol. The Morgan fingerprint density at radius 2 is 1.82 bits per heavy atom. The van der Waals surface area contributed by atoms with Gasteiger partial charge in [0.1, 0.15) is 22.5 Å². The average Bonchev–Trinajstić information content (AvgIpc) is 3.29. The summed E-state index contributed by atoms with van der Waals surface area (Å²) in [6, 6.07) is 16.4. The quantitative estimate of drug-likeness (QED) is 0.419. The van der Waals surface area contributed by atoms with Crippen LogP contribution in [0.15, 0.2) is 65.7 Å². The predicted molar refractivity (Wildman–Crippen MR) is 130 cm³/mol. The van der Waals surface area contributed by atoms with Crippen LogP contribution >= 0.6 is 11.3 Å².